The zero-order valence-corrected chi connectivity index (χ0v) is 13.3. The summed E-state index contributed by atoms with van der Waals surface area (Å²) >= 11 is 5.05. The average molecular weight is 342 g/mol. The van der Waals surface area contributed by atoms with Crippen molar-refractivity contribution in [3.05, 3.63) is 44.3 Å². The Morgan fingerprint density at radius 1 is 1.47 bits per heavy atom. The fourth-order valence-electron chi connectivity index (χ4n) is 1.71. The maximum Gasteiger partial charge on any atom is 0.131 e. The van der Waals surface area contributed by atoms with Gasteiger partial charge >= 0.3 is 0 Å². The lowest BCUT2D eigenvalue weighted by molar-refractivity contribution is 0.189. The highest BCUT2D eigenvalue weighted by molar-refractivity contribution is 9.10. The zero-order chi connectivity index (χ0) is 13.8. The van der Waals surface area contributed by atoms with Crippen molar-refractivity contribution < 1.29 is 9.84 Å². The van der Waals surface area contributed by atoms with Gasteiger partial charge in [-0.15, -0.1) is 11.3 Å². The summed E-state index contributed by atoms with van der Waals surface area (Å²) in [4.78, 5) is 4.46. The summed E-state index contributed by atoms with van der Waals surface area (Å²) < 4.78 is 6.69. The number of halogens is 1. The molecule has 1 aromatic heterocycles. The van der Waals surface area contributed by atoms with E-state index < -0.39 is 6.10 Å². The summed E-state index contributed by atoms with van der Waals surface area (Å²) in [5.41, 5.74) is 1.71. The van der Waals surface area contributed by atoms with Crippen LogP contribution in [0.15, 0.2) is 28.1 Å². The number of hydrogen-bond donors (Lipinski definition) is 1. The van der Waals surface area contributed by atoms with Gasteiger partial charge in [0, 0.05) is 15.4 Å². The maximum atomic E-state index is 9.75. The van der Waals surface area contributed by atoms with Crippen molar-refractivity contribution in [3.8, 4) is 5.75 Å². The fraction of sp³-hybridized carbons (Fsp3) is 0.357. The van der Waals surface area contributed by atoms with Crippen LogP contribution in [0.25, 0.3) is 0 Å². The van der Waals surface area contributed by atoms with E-state index in [1.165, 1.54) is 0 Å². The lowest BCUT2D eigenvalue weighted by atomic mass is 10.1. The smallest absolute Gasteiger partial charge is 0.131 e. The summed E-state index contributed by atoms with van der Waals surface area (Å²) in [6.07, 6.45) is 0.385. The standard InChI is InChI=1S/C14H16BrNO2S/c1-3-14-16-11(8-19-14)7-18-13-5-4-10(15)6-12(13)9(2)17/h4-6,8-9,17H,3,7H2,1-2H3/t9-/m0/s1. The SMILES string of the molecule is CCc1nc(COc2ccc(Br)cc2[C@H](C)O)cs1. The lowest BCUT2D eigenvalue weighted by Crippen LogP contribution is -2.01. The van der Waals surface area contributed by atoms with Crippen molar-refractivity contribution in [3.63, 3.8) is 0 Å². The van der Waals surface area contributed by atoms with Gasteiger partial charge in [0.1, 0.15) is 12.4 Å². The van der Waals surface area contributed by atoms with E-state index in [1.807, 2.05) is 23.6 Å². The number of aryl methyl sites for hydroxylation is 1. The van der Waals surface area contributed by atoms with Crippen LogP contribution in [0, 0.1) is 0 Å². The van der Waals surface area contributed by atoms with Crippen molar-refractivity contribution in [1.29, 1.82) is 0 Å². The summed E-state index contributed by atoms with van der Waals surface area (Å²) in [6, 6.07) is 5.64. The molecule has 0 fully saturated rings. The van der Waals surface area contributed by atoms with Gasteiger partial charge in [-0.1, -0.05) is 22.9 Å². The molecule has 0 spiro atoms. The van der Waals surface area contributed by atoms with Crippen LogP contribution in [0.1, 0.15) is 36.2 Å². The van der Waals surface area contributed by atoms with Crippen LogP contribution in [0.4, 0.5) is 0 Å². The molecule has 5 heteroatoms. The van der Waals surface area contributed by atoms with Gasteiger partial charge in [0.25, 0.3) is 0 Å². The molecule has 0 aliphatic carbocycles. The first-order chi connectivity index (χ1) is 9.10. The third kappa shape index (κ3) is 3.78. The second-order valence-electron chi connectivity index (χ2n) is 4.23. The van der Waals surface area contributed by atoms with Gasteiger partial charge in [0.05, 0.1) is 16.8 Å². The molecular weight excluding hydrogens is 326 g/mol. The molecule has 3 nitrogen and oxygen atoms in total. The third-order valence-corrected chi connectivity index (χ3v) is 4.23. The molecular formula is C14H16BrNO2S. The fourth-order valence-corrected chi connectivity index (χ4v) is 2.81. The molecule has 1 heterocycles. The van der Waals surface area contributed by atoms with E-state index in [4.69, 9.17) is 4.74 Å². The summed E-state index contributed by atoms with van der Waals surface area (Å²) in [6.45, 7) is 4.24. The Hall–Kier alpha value is -0.910. The minimum Gasteiger partial charge on any atom is -0.487 e. The first kappa shape index (κ1) is 14.5. The highest BCUT2D eigenvalue weighted by Crippen LogP contribution is 2.29. The molecule has 0 bridgehead atoms. The Morgan fingerprint density at radius 3 is 2.89 bits per heavy atom. The molecule has 0 unspecified atom stereocenters. The molecule has 0 saturated heterocycles. The number of benzene rings is 1. The highest BCUT2D eigenvalue weighted by Gasteiger charge is 2.10. The largest absolute Gasteiger partial charge is 0.487 e. The number of hydrogen-bond acceptors (Lipinski definition) is 4. The molecule has 19 heavy (non-hydrogen) atoms. The van der Waals surface area contributed by atoms with Gasteiger partial charge in [-0.3, -0.25) is 0 Å². The number of thiazole rings is 1. The Bertz CT molecular complexity index is 554. The van der Waals surface area contributed by atoms with Crippen LogP contribution < -0.4 is 4.74 Å². The van der Waals surface area contributed by atoms with E-state index in [0.717, 1.165) is 27.2 Å². The summed E-state index contributed by atoms with van der Waals surface area (Å²) in [5, 5.41) is 12.9. The predicted octanol–water partition coefficient (Wildman–Crippen LogP) is 4.10. The summed E-state index contributed by atoms with van der Waals surface area (Å²) in [7, 11) is 0. The minimum atomic E-state index is -0.561. The summed E-state index contributed by atoms with van der Waals surface area (Å²) in [5.74, 6) is 0.698. The average Bonchev–Trinajstić information content (AvgIpc) is 2.85. The van der Waals surface area contributed by atoms with Crippen LogP contribution in [0.3, 0.4) is 0 Å². The molecule has 0 radical (unpaired) electrons. The monoisotopic (exact) mass is 341 g/mol. The first-order valence-corrected chi connectivity index (χ1v) is 7.81. The Kier molecular flexibility index (Phi) is 4.96. The van der Waals surface area contributed by atoms with Gasteiger partial charge in [-0.2, -0.15) is 0 Å². The van der Waals surface area contributed by atoms with Gasteiger partial charge in [-0.05, 0) is 31.5 Å². The molecule has 0 aliphatic rings. The van der Waals surface area contributed by atoms with Crippen molar-refractivity contribution in [2.45, 2.75) is 33.0 Å². The molecule has 1 N–H and O–H groups in total. The first-order valence-electron chi connectivity index (χ1n) is 6.13. The molecule has 1 aromatic carbocycles. The Morgan fingerprint density at radius 2 is 2.26 bits per heavy atom. The molecule has 2 rings (SSSR count). The van der Waals surface area contributed by atoms with Crippen molar-refractivity contribution in [1.82, 2.24) is 4.98 Å². The zero-order valence-electron chi connectivity index (χ0n) is 10.9. The van der Waals surface area contributed by atoms with E-state index in [-0.39, 0.29) is 0 Å². The van der Waals surface area contributed by atoms with Crippen LogP contribution in [-0.4, -0.2) is 10.1 Å². The third-order valence-electron chi connectivity index (χ3n) is 2.70. The van der Waals surface area contributed by atoms with Gasteiger partial charge in [0.15, 0.2) is 0 Å². The minimum absolute atomic E-state index is 0.428. The van der Waals surface area contributed by atoms with Crippen LogP contribution >= 0.6 is 27.3 Å². The van der Waals surface area contributed by atoms with Gasteiger partial charge in [-0.25, -0.2) is 4.98 Å². The molecule has 0 amide bonds. The highest BCUT2D eigenvalue weighted by atomic mass is 79.9. The van der Waals surface area contributed by atoms with Crippen molar-refractivity contribution in [2.24, 2.45) is 0 Å². The van der Waals surface area contributed by atoms with E-state index >= 15 is 0 Å². The number of nitrogens with zero attached hydrogens (tertiary/aromatic N) is 1. The van der Waals surface area contributed by atoms with Crippen molar-refractivity contribution in [2.75, 3.05) is 0 Å². The number of aromatic nitrogens is 1. The molecule has 102 valence electrons. The number of aliphatic hydroxyl groups is 1. The van der Waals surface area contributed by atoms with E-state index in [2.05, 4.69) is 27.8 Å². The number of ether oxygens (including phenoxy) is 1. The molecule has 1 atom stereocenters. The van der Waals surface area contributed by atoms with Crippen LogP contribution in [-0.2, 0) is 13.0 Å². The van der Waals surface area contributed by atoms with Crippen molar-refractivity contribution >= 4 is 27.3 Å². The normalized spacial score (nSPS) is 12.4. The van der Waals surface area contributed by atoms with E-state index in [0.29, 0.717) is 12.4 Å². The number of rotatable bonds is 5. The Balaban J connectivity index is 2.10. The molecule has 0 saturated carbocycles. The second-order valence-corrected chi connectivity index (χ2v) is 6.09. The molecule has 2 aromatic rings. The maximum absolute atomic E-state index is 9.75. The number of aliphatic hydroxyl groups excluding tert-OH is 1. The predicted molar refractivity (Wildman–Crippen MR) is 80.6 cm³/mol. The quantitative estimate of drug-likeness (QED) is 0.890. The molecule has 0 aliphatic heterocycles. The van der Waals surface area contributed by atoms with Crippen LogP contribution in [0.5, 0.6) is 5.75 Å². The lowest BCUT2D eigenvalue weighted by Gasteiger charge is -2.13. The Labute approximate surface area is 125 Å². The van der Waals surface area contributed by atoms with E-state index in [9.17, 15) is 5.11 Å². The second kappa shape index (κ2) is 6.50. The van der Waals surface area contributed by atoms with Crippen LogP contribution in [0.2, 0.25) is 0 Å². The van der Waals surface area contributed by atoms with E-state index in [1.54, 1.807) is 18.3 Å². The topological polar surface area (TPSA) is 42.4 Å². The van der Waals surface area contributed by atoms with Gasteiger partial charge < -0.3 is 9.84 Å². The van der Waals surface area contributed by atoms with Gasteiger partial charge in [0.2, 0.25) is 0 Å².